The van der Waals surface area contributed by atoms with Gasteiger partial charge in [0.15, 0.2) is 0 Å². The number of alkyl halides is 1. The van der Waals surface area contributed by atoms with Crippen molar-refractivity contribution in [3.05, 3.63) is 81.7 Å². The Labute approximate surface area is 227 Å². The van der Waals surface area contributed by atoms with E-state index in [0.29, 0.717) is 11.5 Å². The minimum atomic E-state index is -0.213. The molecule has 4 nitrogen and oxygen atoms in total. The van der Waals surface area contributed by atoms with E-state index in [0.717, 1.165) is 81.7 Å². The van der Waals surface area contributed by atoms with Crippen molar-refractivity contribution < 1.29 is 19.0 Å². The number of carbonyl (C=O) groups excluding carboxylic acids is 1. The van der Waals surface area contributed by atoms with Gasteiger partial charge in [-0.2, -0.15) is 0 Å². The molecular weight excluding hydrogens is 497 g/mol. The van der Waals surface area contributed by atoms with E-state index >= 15 is 0 Å². The standard InChI is InChI=1S/C32H34FNO3S/c1-20-16-21(2)29(22(3)17-20)31(36)32-30(27-9-6-25(35)18-28(27)38-32)24-4-7-26(8-5-24)37-15-14-34-12-10-23(19-33)11-13-34/h4-9,16-18,23,35H,10-15,19H2,1-3H3. The van der Waals surface area contributed by atoms with E-state index in [4.69, 9.17) is 4.74 Å². The van der Waals surface area contributed by atoms with Gasteiger partial charge >= 0.3 is 0 Å². The van der Waals surface area contributed by atoms with Gasteiger partial charge in [0.2, 0.25) is 5.78 Å². The highest BCUT2D eigenvalue weighted by molar-refractivity contribution is 7.21. The van der Waals surface area contributed by atoms with Crippen LogP contribution in [0.15, 0.2) is 54.6 Å². The van der Waals surface area contributed by atoms with Crippen molar-refractivity contribution >= 4 is 27.2 Å². The molecule has 1 fully saturated rings. The fourth-order valence-electron chi connectivity index (χ4n) is 5.56. The first-order chi connectivity index (χ1) is 18.3. The van der Waals surface area contributed by atoms with Crippen LogP contribution in [0.4, 0.5) is 4.39 Å². The van der Waals surface area contributed by atoms with E-state index < -0.39 is 0 Å². The molecule has 0 atom stereocenters. The number of hydrogen-bond acceptors (Lipinski definition) is 5. The Kier molecular flexibility index (Phi) is 7.82. The molecule has 2 heterocycles. The summed E-state index contributed by atoms with van der Waals surface area (Å²) in [7, 11) is 0. The Morgan fingerprint density at radius 1 is 1.03 bits per heavy atom. The molecule has 0 bridgehead atoms. The Balaban J connectivity index is 1.40. The second-order valence-electron chi connectivity index (χ2n) is 10.4. The van der Waals surface area contributed by atoms with Gasteiger partial charge in [-0.15, -0.1) is 11.3 Å². The number of benzene rings is 3. The van der Waals surface area contributed by atoms with Crippen molar-refractivity contribution in [2.45, 2.75) is 33.6 Å². The molecular formula is C32H34FNO3S. The van der Waals surface area contributed by atoms with Crippen LogP contribution in [0.1, 0.15) is 44.8 Å². The zero-order valence-corrected chi connectivity index (χ0v) is 23.0. The van der Waals surface area contributed by atoms with Gasteiger partial charge in [-0.3, -0.25) is 14.1 Å². The molecule has 1 N–H and O–H groups in total. The molecule has 0 radical (unpaired) electrons. The van der Waals surface area contributed by atoms with Crippen molar-refractivity contribution in [2.24, 2.45) is 5.92 Å². The summed E-state index contributed by atoms with van der Waals surface area (Å²) >= 11 is 1.42. The molecule has 0 saturated carbocycles. The fraction of sp³-hybridized carbons (Fsp3) is 0.344. The van der Waals surface area contributed by atoms with E-state index in [1.807, 2.05) is 51.1 Å². The predicted octanol–water partition coefficient (Wildman–Crippen LogP) is 7.49. The minimum Gasteiger partial charge on any atom is -0.508 e. The van der Waals surface area contributed by atoms with Gasteiger partial charge < -0.3 is 9.84 Å². The molecule has 0 spiro atoms. The van der Waals surface area contributed by atoms with Crippen molar-refractivity contribution in [2.75, 3.05) is 32.9 Å². The molecule has 38 heavy (non-hydrogen) atoms. The van der Waals surface area contributed by atoms with E-state index in [1.165, 1.54) is 11.3 Å². The lowest BCUT2D eigenvalue weighted by molar-refractivity contribution is 0.104. The van der Waals surface area contributed by atoms with Crippen LogP contribution in [0.3, 0.4) is 0 Å². The number of halogens is 1. The first-order valence-electron chi connectivity index (χ1n) is 13.2. The Hall–Kier alpha value is -3.22. The predicted molar refractivity (Wildman–Crippen MR) is 154 cm³/mol. The fourth-order valence-corrected chi connectivity index (χ4v) is 6.76. The normalized spacial score (nSPS) is 14.7. The third-order valence-corrected chi connectivity index (χ3v) is 8.68. The van der Waals surface area contributed by atoms with Crippen LogP contribution >= 0.6 is 11.3 Å². The van der Waals surface area contributed by atoms with Crippen molar-refractivity contribution in [3.63, 3.8) is 0 Å². The highest BCUT2D eigenvalue weighted by atomic mass is 32.1. The van der Waals surface area contributed by atoms with Gasteiger partial charge in [-0.05, 0) is 99.6 Å². The van der Waals surface area contributed by atoms with Crippen LogP contribution in [0.25, 0.3) is 21.2 Å². The molecule has 1 aliphatic heterocycles. The first-order valence-corrected chi connectivity index (χ1v) is 14.1. The van der Waals surface area contributed by atoms with Crippen LogP contribution in [-0.2, 0) is 0 Å². The zero-order valence-electron chi connectivity index (χ0n) is 22.2. The number of likely N-dealkylation sites (tertiary alicyclic amines) is 1. The van der Waals surface area contributed by atoms with Gasteiger partial charge in [0.1, 0.15) is 18.1 Å². The number of aromatic hydroxyl groups is 1. The van der Waals surface area contributed by atoms with Gasteiger partial charge in [-0.25, -0.2) is 0 Å². The molecule has 0 amide bonds. The number of carbonyl (C=O) groups is 1. The van der Waals surface area contributed by atoms with Crippen LogP contribution in [0.2, 0.25) is 0 Å². The number of ketones is 1. The molecule has 1 aliphatic rings. The number of phenolic OH excluding ortho intramolecular Hbond substituents is 1. The average molecular weight is 532 g/mol. The summed E-state index contributed by atoms with van der Waals surface area (Å²) in [5, 5.41) is 11.0. The molecule has 0 aliphatic carbocycles. The van der Waals surface area contributed by atoms with E-state index in [1.54, 1.807) is 12.1 Å². The Morgan fingerprint density at radius 2 is 1.71 bits per heavy atom. The van der Waals surface area contributed by atoms with Crippen molar-refractivity contribution in [1.82, 2.24) is 4.90 Å². The van der Waals surface area contributed by atoms with Gasteiger partial charge in [-0.1, -0.05) is 29.8 Å². The average Bonchev–Trinajstić information content (AvgIpc) is 3.27. The summed E-state index contributed by atoms with van der Waals surface area (Å²) in [5.74, 6) is 1.19. The molecule has 1 aromatic heterocycles. The summed E-state index contributed by atoms with van der Waals surface area (Å²) in [6.45, 7) is 9.06. The quantitative estimate of drug-likeness (QED) is 0.239. The summed E-state index contributed by atoms with van der Waals surface area (Å²) in [4.78, 5) is 16.9. The van der Waals surface area contributed by atoms with Crippen LogP contribution < -0.4 is 4.74 Å². The second-order valence-corrected chi connectivity index (χ2v) is 11.5. The lowest BCUT2D eigenvalue weighted by atomic mass is 9.92. The maximum Gasteiger partial charge on any atom is 0.204 e. The lowest BCUT2D eigenvalue weighted by Gasteiger charge is -2.30. The third kappa shape index (κ3) is 5.47. The SMILES string of the molecule is Cc1cc(C)c(C(=O)c2sc3cc(O)ccc3c2-c2ccc(OCCN3CCC(CF)CC3)cc2)c(C)c1. The minimum absolute atomic E-state index is 0.00699. The number of rotatable bonds is 8. The molecule has 3 aromatic carbocycles. The van der Waals surface area contributed by atoms with Gasteiger partial charge in [0.25, 0.3) is 0 Å². The zero-order chi connectivity index (χ0) is 26.8. The van der Waals surface area contributed by atoms with Gasteiger partial charge in [0.05, 0.1) is 11.6 Å². The number of ether oxygens (including phenoxy) is 1. The number of nitrogens with zero attached hydrogens (tertiary/aromatic N) is 1. The smallest absolute Gasteiger partial charge is 0.204 e. The van der Waals surface area contributed by atoms with Crippen molar-refractivity contribution in [1.29, 1.82) is 0 Å². The summed E-state index contributed by atoms with van der Waals surface area (Å²) < 4.78 is 19.7. The largest absolute Gasteiger partial charge is 0.508 e. The van der Waals surface area contributed by atoms with Crippen LogP contribution in [0.5, 0.6) is 11.5 Å². The number of fused-ring (bicyclic) bond motifs is 1. The molecule has 1 saturated heterocycles. The highest BCUT2D eigenvalue weighted by Gasteiger charge is 2.24. The monoisotopic (exact) mass is 531 g/mol. The number of hydrogen-bond donors (Lipinski definition) is 1. The molecule has 198 valence electrons. The first kappa shape index (κ1) is 26.4. The second kappa shape index (κ2) is 11.3. The molecule has 4 aromatic rings. The molecule has 0 unspecified atom stereocenters. The maximum absolute atomic E-state index is 13.9. The lowest BCUT2D eigenvalue weighted by Crippen LogP contribution is -2.36. The number of phenols is 1. The summed E-state index contributed by atoms with van der Waals surface area (Å²) in [6.07, 6.45) is 1.83. The van der Waals surface area contributed by atoms with Crippen LogP contribution in [0, 0.1) is 26.7 Å². The van der Waals surface area contributed by atoms with E-state index in [2.05, 4.69) is 17.0 Å². The molecule has 6 heteroatoms. The van der Waals surface area contributed by atoms with E-state index in [9.17, 15) is 14.3 Å². The molecule has 5 rings (SSSR count). The Bertz CT molecular complexity index is 1430. The third-order valence-electron chi connectivity index (χ3n) is 7.53. The Morgan fingerprint density at radius 3 is 2.37 bits per heavy atom. The van der Waals surface area contributed by atoms with Crippen molar-refractivity contribution in [3.8, 4) is 22.6 Å². The summed E-state index contributed by atoms with van der Waals surface area (Å²) in [6, 6.07) is 17.3. The van der Waals surface area contributed by atoms with E-state index in [-0.39, 0.29) is 24.1 Å². The topological polar surface area (TPSA) is 49.8 Å². The highest BCUT2D eigenvalue weighted by Crippen LogP contribution is 2.42. The maximum atomic E-state index is 13.9. The number of thiophene rings is 1. The summed E-state index contributed by atoms with van der Waals surface area (Å²) in [5.41, 5.74) is 5.64. The number of piperidine rings is 1. The van der Waals surface area contributed by atoms with Crippen LogP contribution in [-0.4, -0.2) is 48.7 Å². The van der Waals surface area contributed by atoms with Gasteiger partial charge in [0, 0.05) is 27.8 Å². The number of aryl methyl sites for hydroxylation is 3.